The van der Waals surface area contributed by atoms with Crippen LogP contribution < -0.4 is 21.6 Å². The SMILES string of the molecule is O=c1[nH]c2c(c(=O)[nH]1)Oc1c(c(=O)oc3ccccc13)C2c1cccc([N+](=O)[O-])c1. The second kappa shape index (κ2) is 6.27. The van der Waals surface area contributed by atoms with Crippen molar-refractivity contribution in [2.24, 2.45) is 0 Å². The van der Waals surface area contributed by atoms with Gasteiger partial charge in [0.05, 0.1) is 27.5 Å². The van der Waals surface area contributed by atoms with Crippen molar-refractivity contribution in [3.63, 3.8) is 0 Å². The maximum absolute atomic E-state index is 12.9. The monoisotopic (exact) mass is 405 g/mol. The van der Waals surface area contributed by atoms with E-state index in [1.54, 1.807) is 30.3 Å². The van der Waals surface area contributed by atoms with Crippen molar-refractivity contribution < 1.29 is 14.1 Å². The number of aromatic nitrogens is 2. The van der Waals surface area contributed by atoms with Crippen LogP contribution in [0.15, 0.2) is 67.3 Å². The van der Waals surface area contributed by atoms with Crippen molar-refractivity contribution in [2.75, 3.05) is 0 Å². The second-order valence-corrected chi connectivity index (χ2v) is 6.67. The first kappa shape index (κ1) is 17.6. The molecule has 30 heavy (non-hydrogen) atoms. The van der Waals surface area contributed by atoms with Gasteiger partial charge in [-0.2, -0.15) is 0 Å². The Bertz CT molecular complexity index is 1530. The molecule has 10 heteroatoms. The Kier molecular flexibility index (Phi) is 3.68. The van der Waals surface area contributed by atoms with E-state index in [1.807, 2.05) is 0 Å². The molecule has 1 aliphatic rings. The molecule has 4 aromatic rings. The fourth-order valence-corrected chi connectivity index (χ4v) is 3.69. The van der Waals surface area contributed by atoms with Gasteiger partial charge in [0, 0.05) is 12.1 Å². The number of nitrogens with one attached hydrogen (secondary N) is 2. The van der Waals surface area contributed by atoms with E-state index in [2.05, 4.69) is 9.97 Å². The average molecular weight is 405 g/mol. The molecule has 0 saturated heterocycles. The third kappa shape index (κ3) is 2.54. The Balaban J connectivity index is 1.92. The molecule has 10 nitrogen and oxygen atoms in total. The summed E-state index contributed by atoms with van der Waals surface area (Å²) in [7, 11) is 0. The number of benzene rings is 2. The van der Waals surface area contributed by atoms with E-state index in [0.29, 0.717) is 10.9 Å². The van der Waals surface area contributed by atoms with Crippen LogP contribution in [0.5, 0.6) is 11.5 Å². The van der Waals surface area contributed by atoms with Crippen LogP contribution in [0.1, 0.15) is 22.7 Å². The van der Waals surface area contributed by atoms with E-state index < -0.39 is 27.7 Å². The van der Waals surface area contributed by atoms with Crippen LogP contribution in [0.4, 0.5) is 5.69 Å². The predicted molar refractivity (Wildman–Crippen MR) is 104 cm³/mol. The molecule has 148 valence electrons. The number of ether oxygens (including phenoxy) is 1. The summed E-state index contributed by atoms with van der Waals surface area (Å²) in [4.78, 5) is 52.6. The zero-order valence-electron chi connectivity index (χ0n) is 15.0. The predicted octanol–water partition coefficient (Wildman–Crippen LogP) is 2.36. The number of non-ortho nitro benzene ring substituents is 1. The maximum Gasteiger partial charge on any atom is 0.344 e. The van der Waals surface area contributed by atoms with E-state index in [-0.39, 0.29) is 34.0 Å². The minimum atomic E-state index is -1.01. The molecule has 0 aliphatic carbocycles. The number of nitro benzene ring substituents is 1. The lowest BCUT2D eigenvalue weighted by Gasteiger charge is -2.26. The van der Waals surface area contributed by atoms with Crippen molar-refractivity contribution in [3.8, 4) is 11.5 Å². The minimum absolute atomic E-state index is 0.0133. The molecular formula is C20H11N3O7. The number of aromatic amines is 2. The third-order valence-corrected chi connectivity index (χ3v) is 4.92. The number of para-hydroxylation sites is 1. The van der Waals surface area contributed by atoms with Gasteiger partial charge in [0.2, 0.25) is 5.75 Å². The van der Waals surface area contributed by atoms with Crippen molar-refractivity contribution >= 4 is 16.7 Å². The smallest absolute Gasteiger partial charge is 0.344 e. The summed E-state index contributed by atoms with van der Waals surface area (Å²) >= 11 is 0. The standard InChI is InChI=1S/C20H11N3O7/c24-18-17-15(21-20(26)22-18)13(9-4-3-5-10(8-9)23(27)28)14-16(30-17)11-6-1-2-7-12(11)29-19(14)25/h1-8,13H,(H2,21,22,24,26). The minimum Gasteiger partial charge on any atom is -0.448 e. The van der Waals surface area contributed by atoms with Crippen LogP contribution in [0.25, 0.3) is 11.0 Å². The van der Waals surface area contributed by atoms with Crippen LogP contribution in [-0.2, 0) is 0 Å². The highest BCUT2D eigenvalue weighted by atomic mass is 16.6. The Labute approximate surface area is 165 Å². The Hall–Kier alpha value is -4.47. The Morgan fingerprint density at radius 1 is 0.967 bits per heavy atom. The first-order valence-corrected chi connectivity index (χ1v) is 8.78. The van der Waals surface area contributed by atoms with E-state index in [0.717, 1.165) is 0 Å². The molecule has 0 spiro atoms. The summed E-state index contributed by atoms with van der Waals surface area (Å²) in [5.74, 6) is -1.11. The molecule has 0 bridgehead atoms. The second-order valence-electron chi connectivity index (χ2n) is 6.67. The van der Waals surface area contributed by atoms with Crippen molar-refractivity contribution in [2.45, 2.75) is 5.92 Å². The molecule has 0 fully saturated rings. The number of H-pyrrole nitrogens is 2. The summed E-state index contributed by atoms with van der Waals surface area (Å²) in [5.41, 5.74) is -1.92. The number of rotatable bonds is 2. The fraction of sp³-hybridized carbons (Fsp3) is 0.0500. The number of nitrogens with zero attached hydrogens (tertiary/aromatic N) is 1. The van der Waals surface area contributed by atoms with Gasteiger partial charge in [0.1, 0.15) is 11.3 Å². The molecule has 0 saturated carbocycles. The number of hydrogen-bond acceptors (Lipinski definition) is 7. The largest absolute Gasteiger partial charge is 0.448 e. The molecular weight excluding hydrogens is 394 g/mol. The van der Waals surface area contributed by atoms with Gasteiger partial charge in [-0.3, -0.25) is 19.9 Å². The van der Waals surface area contributed by atoms with Gasteiger partial charge in [-0.25, -0.2) is 9.59 Å². The number of nitro groups is 1. The lowest BCUT2D eigenvalue weighted by Crippen LogP contribution is -2.31. The van der Waals surface area contributed by atoms with Gasteiger partial charge < -0.3 is 14.1 Å². The number of fused-ring (bicyclic) bond motifs is 4. The van der Waals surface area contributed by atoms with Gasteiger partial charge in [0.15, 0.2) is 0 Å². The first-order valence-electron chi connectivity index (χ1n) is 8.78. The van der Waals surface area contributed by atoms with Gasteiger partial charge in [-0.1, -0.05) is 24.3 Å². The molecule has 1 unspecified atom stereocenters. The summed E-state index contributed by atoms with van der Waals surface area (Å²) in [5, 5.41) is 11.7. The van der Waals surface area contributed by atoms with Crippen LogP contribution in [-0.4, -0.2) is 14.9 Å². The topological polar surface area (TPSA) is 148 Å². The van der Waals surface area contributed by atoms with Gasteiger partial charge >= 0.3 is 11.3 Å². The molecule has 1 aliphatic heterocycles. The quantitative estimate of drug-likeness (QED) is 0.260. The fourth-order valence-electron chi connectivity index (χ4n) is 3.69. The van der Waals surface area contributed by atoms with Crippen molar-refractivity contribution in [1.29, 1.82) is 0 Å². The maximum atomic E-state index is 12.9. The summed E-state index contributed by atoms with van der Waals surface area (Å²) < 4.78 is 11.2. The molecule has 0 amide bonds. The summed E-state index contributed by atoms with van der Waals surface area (Å²) in [6.45, 7) is 0. The highest BCUT2D eigenvalue weighted by molar-refractivity contribution is 5.86. The third-order valence-electron chi connectivity index (χ3n) is 4.92. The molecule has 2 aromatic carbocycles. The van der Waals surface area contributed by atoms with Crippen LogP contribution in [0.3, 0.4) is 0 Å². The first-order chi connectivity index (χ1) is 14.4. The van der Waals surface area contributed by atoms with Gasteiger partial charge in [-0.05, 0) is 17.7 Å². The van der Waals surface area contributed by atoms with Crippen molar-refractivity contribution in [3.05, 3.63) is 107 Å². The van der Waals surface area contributed by atoms with Crippen molar-refractivity contribution in [1.82, 2.24) is 9.97 Å². The van der Waals surface area contributed by atoms with E-state index in [9.17, 15) is 24.5 Å². The normalized spacial score (nSPS) is 14.6. The van der Waals surface area contributed by atoms with Crippen LogP contribution in [0.2, 0.25) is 0 Å². The van der Waals surface area contributed by atoms with E-state index in [4.69, 9.17) is 9.15 Å². The molecule has 5 rings (SSSR count). The van der Waals surface area contributed by atoms with E-state index in [1.165, 1.54) is 18.2 Å². The van der Waals surface area contributed by atoms with Crippen LogP contribution in [0, 0.1) is 10.1 Å². The Morgan fingerprint density at radius 2 is 1.77 bits per heavy atom. The highest BCUT2D eigenvalue weighted by Gasteiger charge is 2.36. The Morgan fingerprint density at radius 3 is 2.57 bits per heavy atom. The lowest BCUT2D eigenvalue weighted by molar-refractivity contribution is -0.384. The molecule has 3 heterocycles. The van der Waals surface area contributed by atoms with E-state index >= 15 is 0 Å². The summed E-state index contributed by atoms with van der Waals surface area (Å²) in [6.07, 6.45) is 0. The molecule has 0 radical (unpaired) electrons. The van der Waals surface area contributed by atoms with Gasteiger partial charge in [0.25, 0.3) is 11.2 Å². The highest BCUT2D eigenvalue weighted by Crippen LogP contribution is 2.46. The van der Waals surface area contributed by atoms with Gasteiger partial charge in [-0.15, -0.1) is 0 Å². The molecule has 1 atom stereocenters. The molecule has 2 N–H and O–H groups in total. The lowest BCUT2D eigenvalue weighted by atomic mass is 9.86. The zero-order valence-corrected chi connectivity index (χ0v) is 15.0. The summed E-state index contributed by atoms with van der Waals surface area (Å²) in [6, 6.07) is 12.2. The van der Waals surface area contributed by atoms with Crippen LogP contribution >= 0.6 is 0 Å². The molecule has 2 aromatic heterocycles. The average Bonchev–Trinajstić information content (AvgIpc) is 2.73. The number of hydrogen-bond donors (Lipinski definition) is 2. The zero-order chi connectivity index (χ0) is 21.0.